The Labute approximate surface area is 183 Å². The number of anilines is 1. The van der Waals surface area contributed by atoms with E-state index in [1.807, 2.05) is 0 Å². The molecule has 2 aromatic carbocycles. The highest BCUT2D eigenvalue weighted by Gasteiger charge is 2.71. The van der Waals surface area contributed by atoms with Crippen molar-refractivity contribution in [1.29, 1.82) is 0 Å². The molecule has 3 aliphatic heterocycles. The van der Waals surface area contributed by atoms with Gasteiger partial charge in [0.05, 0.1) is 31.6 Å². The standard InChI is InChI=1S/C23H22FN3O5/c1-11(28)19-17-18(23(26-19)15-9-13(24)5-8-16(15)25-22(23)31)21(30)27(20(17)29)10-12-3-6-14(32-2)7-4-12/h3-9,11,17-19,26,28H,10H2,1-2H3,(H,25,31)/t11-,17-,18-,19+,23-/m0/s1. The number of hydrogen-bond donors (Lipinski definition) is 3. The van der Waals surface area contributed by atoms with Crippen molar-refractivity contribution in [2.45, 2.75) is 31.2 Å². The van der Waals surface area contributed by atoms with Gasteiger partial charge < -0.3 is 15.2 Å². The summed E-state index contributed by atoms with van der Waals surface area (Å²) in [5.41, 5.74) is -0.272. The third-order valence-corrected chi connectivity index (χ3v) is 6.72. The summed E-state index contributed by atoms with van der Waals surface area (Å²) in [6.07, 6.45) is -1.02. The van der Waals surface area contributed by atoms with Gasteiger partial charge in [-0.3, -0.25) is 24.6 Å². The van der Waals surface area contributed by atoms with Crippen LogP contribution >= 0.6 is 0 Å². The zero-order chi connectivity index (χ0) is 22.8. The van der Waals surface area contributed by atoms with E-state index in [0.29, 0.717) is 17.0 Å². The number of aliphatic hydroxyl groups is 1. The number of hydrogen-bond acceptors (Lipinski definition) is 6. The molecule has 1 spiro atoms. The highest BCUT2D eigenvalue weighted by molar-refractivity contribution is 6.15. The molecule has 3 N–H and O–H groups in total. The first kappa shape index (κ1) is 20.6. The maximum absolute atomic E-state index is 14.1. The summed E-state index contributed by atoms with van der Waals surface area (Å²) in [6, 6.07) is 9.96. The van der Waals surface area contributed by atoms with Crippen LogP contribution in [0.25, 0.3) is 0 Å². The van der Waals surface area contributed by atoms with E-state index in [-0.39, 0.29) is 12.1 Å². The molecule has 2 aromatic rings. The van der Waals surface area contributed by atoms with Gasteiger partial charge in [0.1, 0.15) is 17.1 Å². The van der Waals surface area contributed by atoms with Gasteiger partial charge in [0.25, 0.3) is 0 Å². The van der Waals surface area contributed by atoms with Crippen LogP contribution in [-0.4, -0.2) is 47.0 Å². The molecular weight excluding hydrogens is 417 g/mol. The molecule has 9 heteroatoms. The molecule has 8 nitrogen and oxygen atoms in total. The fourth-order valence-corrected chi connectivity index (χ4v) is 5.25. The minimum absolute atomic E-state index is 0.0227. The molecule has 3 aliphatic rings. The Bertz CT molecular complexity index is 1130. The van der Waals surface area contributed by atoms with Gasteiger partial charge in [-0.25, -0.2) is 4.39 Å². The van der Waals surface area contributed by atoms with Crippen molar-refractivity contribution in [3.05, 3.63) is 59.4 Å². The minimum atomic E-state index is -1.63. The number of aliphatic hydroxyl groups excluding tert-OH is 1. The van der Waals surface area contributed by atoms with Crippen LogP contribution in [-0.2, 0) is 26.5 Å². The van der Waals surface area contributed by atoms with Crippen molar-refractivity contribution in [3.8, 4) is 5.75 Å². The number of carbonyl (C=O) groups excluding carboxylic acids is 3. The number of nitrogens with one attached hydrogen (secondary N) is 2. The minimum Gasteiger partial charge on any atom is -0.497 e. The highest BCUT2D eigenvalue weighted by Crippen LogP contribution is 2.53. The Morgan fingerprint density at radius 2 is 1.88 bits per heavy atom. The molecule has 5 rings (SSSR count). The molecule has 0 radical (unpaired) electrons. The van der Waals surface area contributed by atoms with Crippen molar-refractivity contribution in [2.75, 3.05) is 12.4 Å². The number of likely N-dealkylation sites (tertiary alicyclic amines) is 1. The topological polar surface area (TPSA) is 108 Å². The number of carbonyl (C=O) groups is 3. The number of nitrogens with zero attached hydrogens (tertiary/aromatic N) is 1. The van der Waals surface area contributed by atoms with Crippen molar-refractivity contribution < 1.29 is 28.6 Å². The van der Waals surface area contributed by atoms with Crippen LogP contribution in [0, 0.1) is 17.7 Å². The molecule has 3 heterocycles. The van der Waals surface area contributed by atoms with Gasteiger partial charge in [-0.15, -0.1) is 0 Å². The van der Waals surface area contributed by atoms with Gasteiger partial charge in [0.2, 0.25) is 17.7 Å². The van der Waals surface area contributed by atoms with Crippen LogP contribution in [0.1, 0.15) is 18.1 Å². The Morgan fingerprint density at radius 1 is 1.16 bits per heavy atom. The van der Waals surface area contributed by atoms with E-state index >= 15 is 0 Å². The van der Waals surface area contributed by atoms with E-state index in [2.05, 4.69) is 10.6 Å². The Kier molecular flexibility index (Phi) is 4.58. The zero-order valence-electron chi connectivity index (χ0n) is 17.5. The normalized spacial score (nSPS) is 29.3. The summed E-state index contributed by atoms with van der Waals surface area (Å²) >= 11 is 0. The third kappa shape index (κ3) is 2.71. The SMILES string of the molecule is COc1ccc(CN2C(=O)[C@@H]3[C@@H]([C@H](C)O)N[C@]4(C(=O)Nc5ccc(F)cc54)[C@@H]3C2=O)cc1. The second kappa shape index (κ2) is 7.11. The molecular formula is C23H22FN3O5. The van der Waals surface area contributed by atoms with Crippen LogP contribution in [0.2, 0.25) is 0 Å². The highest BCUT2D eigenvalue weighted by atomic mass is 19.1. The largest absolute Gasteiger partial charge is 0.497 e. The number of rotatable bonds is 4. The molecule has 0 unspecified atom stereocenters. The summed E-state index contributed by atoms with van der Waals surface area (Å²) in [4.78, 5) is 41.3. The predicted molar refractivity (Wildman–Crippen MR) is 111 cm³/mol. The first-order valence-corrected chi connectivity index (χ1v) is 10.3. The predicted octanol–water partition coefficient (Wildman–Crippen LogP) is 1.14. The van der Waals surface area contributed by atoms with E-state index in [4.69, 9.17) is 4.74 Å². The monoisotopic (exact) mass is 439 g/mol. The molecule has 0 bridgehead atoms. The second-order valence-corrected chi connectivity index (χ2v) is 8.48. The molecule has 2 fully saturated rings. The van der Waals surface area contributed by atoms with Crippen LogP contribution in [0.15, 0.2) is 42.5 Å². The van der Waals surface area contributed by atoms with E-state index in [1.54, 1.807) is 31.4 Å². The number of ether oxygens (including phenoxy) is 1. The molecule has 3 amide bonds. The lowest BCUT2D eigenvalue weighted by Crippen LogP contribution is -2.54. The maximum atomic E-state index is 14.1. The number of halogens is 1. The Hall–Kier alpha value is -3.30. The Balaban J connectivity index is 1.58. The van der Waals surface area contributed by atoms with Gasteiger partial charge in [-0.2, -0.15) is 0 Å². The van der Waals surface area contributed by atoms with Crippen molar-refractivity contribution >= 4 is 23.4 Å². The number of fused-ring (bicyclic) bond motifs is 4. The maximum Gasteiger partial charge on any atom is 0.250 e. The summed E-state index contributed by atoms with van der Waals surface area (Å²) in [6.45, 7) is 1.52. The van der Waals surface area contributed by atoms with Gasteiger partial charge in [0, 0.05) is 17.3 Å². The van der Waals surface area contributed by atoms with E-state index in [9.17, 15) is 23.9 Å². The van der Waals surface area contributed by atoms with Crippen molar-refractivity contribution in [1.82, 2.24) is 10.2 Å². The lowest BCUT2D eigenvalue weighted by atomic mass is 9.76. The number of methoxy groups -OCH3 is 1. The summed E-state index contributed by atoms with van der Waals surface area (Å²) in [7, 11) is 1.54. The average molecular weight is 439 g/mol. The average Bonchev–Trinajstić information content (AvgIpc) is 3.36. The van der Waals surface area contributed by atoms with E-state index < -0.39 is 53.1 Å². The van der Waals surface area contributed by atoms with E-state index in [0.717, 1.165) is 4.90 Å². The quantitative estimate of drug-likeness (QED) is 0.617. The molecule has 5 atom stereocenters. The van der Waals surface area contributed by atoms with Gasteiger partial charge >= 0.3 is 0 Å². The smallest absolute Gasteiger partial charge is 0.250 e. The lowest BCUT2D eigenvalue weighted by Gasteiger charge is -2.30. The van der Waals surface area contributed by atoms with Crippen LogP contribution in [0.4, 0.5) is 10.1 Å². The Morgan fingerprint density at radius 3 is 2.53 bits per heavy atom. The van der Waals surface area contributed by atoms with Crippen LogP contribution in [0.3, 0.4) is 0 Å². The second-order valence-electron chi connectivity index (χ2n) is 8.48. The van der Waals surface area contributed by atoms with Crippen LogP contribution in [0.5, 0.6) is 5.75 Å². The van der Waals surface area contributed by atoms with Crippen molar-refractivity contribution in [2.24, 2.45) is 11.8 Å². The van der Waals surface area contributed by atoms with E-state index in [1.165, 1.54) is 25.1 Å². The van der Waals surface area contributed by atoms with Crippen molar-refractivity contribution in [3.63, 3.8) is 0 Å². The number of benzene rings is 2. The van der Waals surface area contributed by atoms with Gasteiger partial charge in [0.15, 0.2) is 0 Å². The summed E-state index contributed by atoms with van der Waals surface area (Å²) in [5, 5.41) is 16.1. The third-order valence-electron chi connectivity index (χ3n) is 6.72. The molecule has 0 aromatic heterocycles. The molecule has 32 heavy (non-hydrogen) atoms. The number of amides is 3. The van der Waals surface area contributed by atoms with Gasteiger partial charge in [-0.05, 0) is 42.8 Å². The first-order chi connectivity index (χ1) is 15.3. The summed E-state index contributed by atoms with van der Waals surface area (Å²) < 4.78 is 19.3. The molecule has 166 valence electrons. The number of imide groups is 1. The first-order valence-electron chi connectivity index (χ1n) is 10.3. The fourth-order valence-electron chi connectivity index (χ4n) is 5.25. The zero-order valence-corrected chi connectivity index (χ0v) is 17.5. The molecule has 2 saturated heterocycles. The lowest BCUT2D eigenvalue weighted by molar-refractivity contribution is -0.143. The van der Waals surface area contributed by atoms with Gasteiger partial charge in [-0.1, -0.05) is 12.1 Å². The summed E-state index contributed by atoms with van der Waals surface area (Å²) in [5.74, 6) is -3.52. The molecule has 0 aliphatic carbocycles. The fraction of sp³-hybridized carbons (Fsp3) is 0.348. The van der Waals surface area contributed by atoms with Crippen LogP contribution < -0.4 is 15.4 Å². The molecule has 0 saturated carbocycles.